The van der Waals surface area contributed by atoms with Gasteiger partial charge in [-0.25, -0.2) is 4.79 Å². The van der Waals surface area contributed by atoms with Crippen LogP contribution in [0.25, 0.3) is 0 Å². The predicted molar refractivity (Wildman–Crippen MR) is 66.3 cm³/mol. The van der Waals surface area contributed by atoms with Gasteiger partial charge in [0.15, 0.2) is 0 Å². The van der Waals surface area contributed by atoms with Crippen molar-refractivity contribution in [3.8, 4) is 0 Å². The zero-order valence-electron chi connectivity index (χ0n) is 9.58. The van der Waals surface area contributed by atoms with Gasteiger partial charge in [0.25, 0.3) is 0 Å². The van der Waals surface area contributed by atoms with Gasteiger partial charge < -0.3 is 16.2 Å². The second-order valence-corrected chi connectivity index (χ2v) is 3.70. The molecule has 0 bridgehead atoms. The van der Waals surface area contributed by atoms with E-state index in [1.54, 1.807) is 29.2 Å². The zero-order valence-corrected chi connectivity index (χ0v) is 9.58. The summed E-state index contributed by atoms with van der Waals surface area (Å²) in [6, 6.07) is 4.74. The van der Waals surface area contributed by atoms with Gasteiger partial charge in [-0.3, -0.25) is 4.68 Å². The number of carbonyl (C=O) groups is 1. The fraction of sp³-hybridized carbons (Fsp3) is 0.182. The SMILES string of the molecule is Nc1ccc(NCCn2ccnn2)c(C(=O)O)c1. The number of nitrogens with zero attached hydrogens (tertiary/aromatic N) is 3. The summed E-state index contributed by atoms with van der Waals surface area (Å²) in [4.78, 5) is 11.0. The van der Waals surface area contributed by atoms with Gasteiger partial charge in [0.2, 0.25) is 0 Å². The van der Waals surface area contributed by atoms with E-state index in [-0.39, 0.29) is 5.56 Å². The molecule has 0 aliphatic heterocycles. The Morgan fingerprint density at radius 2 is 2.33 bits per heavy atom. The van der Waals surface area contributed by atoms with Crippen LogP contribution in [0.15, 0.2) is 30.6 Å². The van der Waals surface area contributed by atoms with Crippen LogP contribution in [-0.4, -0.2) is 32.6 Å². The zero-order chi connectivity index (χ0) is 13.0. The highest BCUT2D eigenvalue weighted by atomic mass is 16.4. The molecular formula is C11H13N5O2. The molecule has 0 saturated heterocycles. The van der Waals surface area contributed by atoms with E-state index in [1.165, 1.54) is 6.07 Å². The second-order valence-electron chi connectivity index (χ2n) is 3.70. The summed E-state index contributed by atoms with van der Waals surface area (Å²) in [5.74, 6) is -1.01. The van der Waals surface area contributed by atoms with Crippen LogP contribution >= 0.6 is 0 Å². The number of aromatic nitrogens is 3. The maximum Gasteiger partial charge on any atom is 0.337 e. The Hall–Kier alpha value is -2.57. The number of nitrogens with two attached hydrogens (primary N) is 1. The minimum absolute atomic E-state index is 0.161. The summed E-state index contributed by atoms with van der Waals surface area (Å²) in [6.45, 7) is 1.15. The van der Waals surface area contributed by atoms with E-state index >= 15 is 0 Å². The molecule has 1 aromatic heterocycles. The third kappa shape index (κ3) is 2.76. The number of nitrogen functional groups attached to an aromatic ring is 1. The largest absolute Gasteiger partial charge is 0.478 e. The van der Waals surface area contributed by atoms with Gasteiger partial charge in [-0.05, 0) is 18.2 Å². The predicted octanol–water partition coefficient (Wildman–Crippen LogP) is 0.671. The quantitative estimate of drug-likeness (QED) is 0.670. The van der Waals surface area contributed by atoms with Gasteiger partial charge in [-0.15, -0.1) is 5.10 Å². The molecule has 7 heteroatoms. The van der Waals surface area contributed by atoms with Gasteiger partial charge in [0, 0.05) is 24.1 Å². The lowest BCUT2D eigenvalue weighted by atomic mass is 10.1. The molecule has 1 aromatic carbocycles. The lowest BCUT2D eigenvalue weighted by Gasteiger charge is -2.10. The fourth-order valence-electron chi connectivity index (χ4n) is 1.55. The monoisotopic (exact) mass is 247 g/mol. The number of carboxylic acid groups (broad SMARTS) is 1. The molecule has 0 amide bonds. The number of carboxylic acids is 1. The van der Waals surface area contributed by atoms with Crippen molar-refractivity contribution in [1.82, 2.24) is 15.0 Å². The van der Waals surface area contributed by atoms with Gasteiger partial charge in [0.1, 0.15) is 0 Å². The van der Waals surface area contributed by atoms with Crippen LogP contribution in [0.2, 0.25) is 0 Å². The summed E-state index contributed by atoms with van der Waals surface area (Å²) >= 11 is 0. The highest BCUT2D eigenvalue weighted by molar-refractivity contribution is 5.95. The van der Waals surface area contributed by atoms with Crippen LogP contribution in [0.5, 0.6) is 0 Å². The van der Waals surface area contributed by atoms with Crippen LogP contribution in [0.3, 0.4) is 0 Å². The first kappa shape index (κ1) is 11.9. The minimum Gasteiger partial charge on any atom is -0.478 e. The average Bonchev–Trinajstić information content (AvgIpc) is 2.84. The van der Waals surface area contributed by atoms with E-state index in [4.69, 9.17) is 10.8 Å². The number of rotatable bonds is 5. The fourth-order valence-corrected chi connectivity index (χ4v) is 1.55. The van der Waals surface area contributed by atoms with E-state index < -0.39 is 5.97 Å². The average molecular weight is 247 g/mol. The Morgan fingerprint density at radius 3 is 3.00 bits per heavy atom. The van der Waals surface area contributed by atoms with E-state index in [2.05, 4.69) is 15.6 Å². The van der Waals surface area contributed by atoms with Gasteiger partial charge in [-0.2, -0.15) is 0 Å². The Kier molecular flexibility index (Phi) is 3.42. The van der Waals surface area contributed by atoms with Crippen LogP contribution in [0.1, 0.15) is 10.4 Å². The summed E-state index contributed by atoms with van der Waals surface area (Å²) < 4.78 is 1.66. The number of hydrogen-bond acceptors (Lipinski definition) is 5. The highest BCUT2D eigenvalue weighted by Gasteiger charge is 2.09. The molecule has 0 aliphatic rings. The molecule has 0 radical (unpaired) electrons. The first-order valence-electron chi connectivity index (χ1n) is 5.37. The van der Waals surface area contributed by atoms with Crippen LogP contribution < -0.4 is 11.1 Å². The van der Waals surface area contributed by atoms with Crippen LogP contribution in [0.4, 0.5) is 11.4 Å². The van der Waals surface area contributed by atoms with Crippen LogP contribution in [-0.2, 0) is 6.54 Å². The number of aromatic carboxylic acids is 1. The van der Waals surface area contributed by atoms with Gasteiger partial charge in [-0.1, -0.05) is 5.21 Å². The summed E-state index contributed by atoms with van der Waals surface area (Å²) in [5, 5.41) is 19.6. The minimum atomic E-state index is -1.01. The van der Waals surface area contributed by atoms with Crippen molar-refractivity contribution < 1.29 is 9.90 Å². The topological polar surface area (TPSA) is 106 Å². The maximum absolute atomic E-state index is 11.0. The first-order chi connectivity index (χ1) is 8.66. The molecule has 0 saturated carbocycles. The molecule has 94 valence electrons. The Morgan fingerprint density at radius 1 is 1.50 bits per heavy atom. The van der Waals surface area contributed by atoms with Gasteiger partial charge in [0.05, 0.1) is 18.3 Å². The van der Waals surface area contributed by atoms with Gasteiger partial charge >= 0.3 is 5.97 Å². The Bertz CT molecular complexity index is 538. The third-order valence-corrected chi connectivity index (χ3v) is 2.40. The Labute approximate surface area is 103 Å². The number of benzene rings is 1. The molecule has 0 atom stereocenters. The van der Waals surface area contributed by atoms with Crippen molar-refractivity contribution >= 4 is 17.3 Å². The first-order valence-corrected chi connectivity index (χ1v) is 5.37. The second kappa shape index (κ2) is 5.17. The van der Waals surface area contributed by atoms with Crippen molar-refractivity contribution in [2.75, 3.05) is 17.6 Å². The number of nitrogens with one attached hydrogen (secondary N) is 1. The molecule has 2 aromatic rings. The molecule has 0 aliphatic carbocycles. The molecular weight excluding hydrogens is 234 g/mol. The molecule has 0 unspecified atom stereocenters. The van der Waals surface area contributed by atoms with E-state index in [9.17, 15) is 4.79 Å². The van der Waals surface area contributed by atoms with E-state index in [1.807, 2.05) is 0 Å². The molecule has 0 fully saturated rings. The molecule has 18 heavy (non-hydrogen) atoms. The molecule has 4 N–H and O–H groups in total. The Balaban J connectivity index is 2.02. The summed E-state index contributed by atoms with van der Waals surface area (Å²) in [6.07, 6.45) is 3.33. The van der Waals surface area contributed by atoms with Crippen molar-refractivity contribution in [1.29, 1.82) is 0 Å². The number of anilines is 2. The van der Waals surface area contributed by atoms with Crippen LogP contribution in [0, 0.1) is 0 Å². The maximum atomic E-state index is 11.0. The highest BCUT2D eigenvalue weighted by Crippen LogP contribution is 2.18. The summed E-state index contributed by atoms with van der Waals surface area (Å²) in [7, 11) is 0. The molecule has 2 rings (SSSR count). The standard InChI is InChI=1S/C11H13N5O2/c12-8-1-2-10(9(7-8)11(17)18)13-3-5-16-6-4-14-15-16/h1-2,4,6-7,13H,3,5,12H2,(H,17,18). The molecule has 0 spiro atoms. The number of hydrogen-bond donors (Lipinski definition) is 3. The smallest absolute Gasteiger partial charge is 0.337 e. The van der Waals surface area contributed by atoms with Crippen molar-refractivity contribution in [3.05, 3.63) is 36.2 Å². The van der Waals surface area contributed by atoms with Crippen molar-refractivity contribution in [2.45, 2.75) is 6.54 Å². The third-order valence-electron chi connectivity index (χ3n) is 2.40. The lowest BCUT2D eigenvalue weighted by Crippen LogP contribution is -2.13. The lowest BCUT2D eigenvalue weighted by molar-refractivity contribution is 0.0698. The van der Waals surface area contributed by atoms with E-state index in [0.717, 1.165) is 0 Å². The molecule has 1 heterocycles. The summed E-state index contributed by atoms with van der Waals surface area (Å²) in [5.41, 5.74) is 6.68. The normalized spacial score (nSPS) is 10.2. The van der Waals surface area contributed by atoms with Crippen molar-refractivity contribution in [3.63, 3.8) is 0 Å². The van der Waals surface area contributed by atoms with Crippen molar-refractivity contribution in [2.24, 2.45) is 0 Å². The molecule has 7 nitrogen and oxygen atoms in total. The van der Waals surface area contributed by atoms with E-state index in [0.29, 0.717) is 24.5 Å².